The van der Waals surface area contributed by atoms with E-state index >= 15 is 0 Å². The third-order valence-corrected chi connectivity index (χ3v) is 6.22. The van der Waals surface area contributed by atoms with E-state index < -0.39 is 0 Å². The fraction of sp³-hybridized carbons (Fsp3) is 0.185. The van der Waals surface area contributed by atoms with E-state index in [0.717, 1.165) is 42.1 Å². The summed E-state index contributed by atoms with van der Waals surface area (Å²) < 4.78 is 1.82. The first-order valence-electron chi connectivity index (χ1n) is 11.6. The SMILES string of the molecule is NC(=O)C1CCCN(c2ccc(NC(=O)c3cccc(-n4nccc4-c4ccccc4)c3)cn2)C1. The van der Waals surface area contributed by atoms with Gasteiger partial charge in [-0.05, 0) is 49.2 Å². The maximum atomic E-state index is 13.0. The minimum Gasteiger partial charge on any atom is -0.369 e. The summed E-state index contributed by atoms with van der Waals surface area (Å²) in [5.41, 5.74) is 9.37. The highest BCUT2D eigenvalue weighted by atomic mass is 16.2. The summed E-state index contributed by atoms with van der Waals surface area (Å²) in [4.78, 5) is 31.1. The number of benzene rings is 2. The average molecular weight is 467 g/mol. The molecule has 0 radical (unpaired) electrons. The standard InChI is InChI=1S/C27H26N6O2/c28-26(34)21-9-5-15-32(18-21)25-12-11-22(17-29-25)31-27(35)20-8-4-10-23(16-20)33-24(13-14-30-33)19-6-2-1-3-7-19/h1-4,6-8,10-14,16-17,21H,5,9,15,18H2,(H2,28,34)(H,31,35). The number of hydrogen-bond acceptors (Lipinski definition) is 5. The van der Waals surface area contributed by atoms with Gasteiger partial charge in [0.1, 0.15) is 5.82 Å². The molecule has 2 aromatic carbocycles. The van der Waals surface area contributed by atoms with Crippen LogP contribution >= 0.6 is 0 Å². The van der Waals surface area contributed by atoms with Gasteiger partial charge in [0.05, 0.1) is 35.4 Å². The number of nitrogens with one attached hydrogen (secondary N) is 1. The molecular weight excluding hydrogens is 440 g/mol. The number of nitrogens with two attached hydrogens (primary N) is 1. The third-order valence-electron chi connectivity index (χ3n) is 6.22. The molecule has 176 valence electrons. The van der Waals surface area contributed by atoms with Gasteiger partial charge >= 0.3 is 0 Å². The molecule has 2 aromatic heterocycles. The lowest BCUT2D eigenvalue weighted by molar-refractivity contribution is -0.122. The first-order valence-corrected chi connectivity index (χ1v) is 11.6. The van der Waals surface area contributed by atoms with Gasteiger partial charge in [-0.2, -0.15) is 5.10 Å². The molecule has 5 rings (SSSR count). The van der Waals surface area contributed by atoms with Crippen LogP contribution in [0.15, 0.2) is 85.2 Å². The molecule has 1 aliphatic heterocycles. The second kappa shape index (κ2) is 9.80. The molecule has 0 saturated carbocycles. The van der Waals surface area contributed by atoms with E-state index in [-0.39, 0.29) is 17.7 Å². The quantitative estimate of drug-likeness (QED) is 0.448. The Balaban J connectivity index is 1.30. The van der Waals surface area contributed by atoms with Gasteiger partial charge in [0.2, 0.25) is 5.91 Å². The van der Waals surface area contributed by atoms with Gasteiger partial charge in [-0.3, -0.25) is 9.59 Å². The fourth-order valence-corrected chi connectivity index (χ4v) is 4.38. The maximum absolute atomic E-state index is 13.0. The second-order valence-corrected chi connectivity index (χ2v) is 8.59. The molecule has 8 nitrogen and oxygen atoms in total. The summed E-state index contributed by atoms with van der Waals surface area (Å²) in [6.45, 7) is 1.40. The topological polar surface area (TPSA) is 106 Å². The van der Waals surface area contributed by atoms with Crippen molar-refractivity contribution < 1.29 is 9.59 Å². The molecule has 0 bridgehead atoms. The molecule has 0 aliphatic carbocycles. The zero-order chi connectivity index (χ0) is 24.2. The smallest absolute Gasteiger partial charge is 0.255 e. The minimum absolute atomic E-state index is 0.158. The van der Waals surface area contributed by atoms with E-state index in [4.69, 9.17) is 5.73 Å². The maximum Gasteiger partial charge on any atom is 0.255 e. The lowest BCUT2D eigenvalue weighted by Gasteiger charge is -2.32. The summed E-state index contributed by atoms with van der Waals surface area (Å²) >= 11 is 0. The van der Waals surface area contributed by atoms with E-state index in [1.165, 1.54) is 0 Å². The number of anilines is 2. The Kier molecular flexibility index (Phi) is 6.26. The Bertz CT molecular complexity index is 1330. The predicted octanol–water partition coefficient (Wildman–Crippen LogP) is 3.89. The molecule has 1 unspecified atom stereocenters. The number of piperidine rings is 1. The molecule has 1 aliphatic rings. The molecule has 1 saturated heterocycles. The van der Waals surface area contributed by atoms with Gasteiger partial charge in [-0.1, -0.05) is 36.4 Å². The minimum atomic E-state index is -0.271. The summed E-state index contributed by atoms with van der Waals surface area (Å²) in [5, 5.41) is 7.37. The zero-order valence-electron chi connectivity index (χ0n) is 19.2. The van der Waals surface area contributed by atoms with Gasteiger partial charge in [0.15, 0.2) is 0 Å². The number of carbonyl (C=O) groups is 2. The molecule has 35 heavy (non-hydrogen) atoms. The van der Waals surface area contributed by atoms with Crippen molar-refractivity contribution in [1.29, 1.82) is 0 Å². The third kappa shape index (κ3) is 4.91. The highest BCUT2D eigenvalue weighted by Gasteiger charge is 2.24. The highest BCUT2D eigenvalue weighted by molar-refractivity contribution is 6.04. The van der Waals surface area contributed by atoms with Crippen LogP contribution in [0.1, 0.15) is 23.2 Å². The molecule has 4 aromatic rings. The number of rotatable bonds is 6. The summed E-state index contributed by atoms with van der Waals surface area (Å²) in [5.74, 6) is 0.103. The van der Waals surface area contributed by atoms with Gasteiger partial charge in [-0.25, -0.2) is 9.67 Å². The zero-order valence-corrected chi connectivity index (χ0v) is 19.2. The van der Waals surface area contributed by atoms with Crippen LogP contribution < -0.4 is 16.0 Å². The molecule has 1 atom stereocenters. The van der Waals surface area contributed by atoms with Crippen molar-refractivity contribution >= 4 is 23.3 Å². The lowest BCUT2D eigenvalue weighted by atomic mass is 9.97. The van der Waals surface area contributed by atoms with Crippen LogP contribution in [0.5, 0.6) is 0 Å². The van der Waals surface area contributed by atoms with Crippen LogP contribution in [0.3, 0.4) is 0 Å². The Hall–Kier alpha value is -4.46. The predicted molar refractivity (Wildman–Crippen MR) is 135 cm³/mol. The van der Waals surface area contributed by atoms with E-state index in [9.17, 15) is 9.59 Å². The van der Waals surface area contributed by atoms with E-state index in [0.29, 0.717) is 17.8 Å². The number of amides is 2. The van der Waals surface area contributed by atoms with Gasteiger partial charge in [0, 0.05) is 24.2 Å². The number of nitrogens with zero attached hydrogens (tertiary/aromatic N) is 4. The van der Waals surface area contributed by atoms with E-state index in [1.54, 1.807) is 18.5 Å². The summed E-state index contributed by atoms with van der Waals surface area (Å²) in [7, 11) is 0. The Morgan fingerprint density at radius 2 is 1.86 bits per heavy atom. The van der Waals surface area contributed by atoms with Crippen molar-refractivity contribution in [3.63, 3.8) is 0 Å². The Labute approximate surface area is 203 Å². The molecule has 3 N–H and O–H groups in total. The number of primary amides is 1. The molecule has 1 fully saturated rings. The van der Waals surface area contributed by atoms with Gasteiger partial charge < -0.3 is 16.0 Å². The molecule has 2 amide bonds. The monoisotopic (exact) mass is 466 g/mol. The first kappa shape index (κ1) is 22.3. The highest BCUT2D eigenvalue weighted by Crippen LogP contribution is 2.24. The van der Waals surface area contributed by atoms with Crippen LogP contribution in [-0.4, -0.2) is 39.7 Å². The average Bonchev–Trinajstić information content (AvgIpc) is 3.40. The number of carbonyl (C=O) groups excluding carboxylic acids is 2. The largest absolute Gasteiger partial charge is 0.369 e. The van der Waals surface area contributed by atoms with Crippen LogP contribution in [0, 0.1) is 5.92 Å². The van der Waals surface area contributed by atoms with Crippen molar-refractivity contribution in [2.45, 2.75) is 12.8 Å². The Morgan fingerprint density at radius 3 is 2.63 bits per heavy atom. The summed E-state index contributed by atoms with van der Waals surface area (Å²) in [6, 6.07) is 23.0. The van der Waals surface area contributed by atoms with Crippen LogP contribution in [-0.2, 0) is 4.79 Å². The molecular formula is C27H26N6O2. The first-order chi connectivity index (χ1) is 17.1. The van der Waals surface area contributed by atoms with Gasteiger partial charge in [0.25, 0.3) is 5.91 Å². The number of aromatic nitrogens is 3. The second-order valence-electron chi connectivity index (χ2n) is 8.59. The Morgan fingerprint density at radius 1 is 1.00 bits per heavy atom. The normalized spacial score (nSPS) is 15.5. The van der Waals surface area contributed by atoms with Crippen LogP contribution in [0.25, 0.3) is 16.9 Å². The van der Waals surface area contributed by atoms with Crippen LogP contribution in [0.2, 0.25) is 0 Å². The number of hydrogen-bond donors (Lipinski definition) is 2. The summed E-state index contributed by atoms with van der Waals surface area (Å²) in [6.07, 6.45) is 5.08. The van der Waals surface area contributed by atoms with Crippen molar-refractivity contribution in [2.24, 2.45) is 11.7 Å². The van der Waals surface area contributed by atoms with Crippen molar-refractivity contribution in [3.8, 4) is 16.9 Å². The van der Waals surface area contributed by atoms with Gasteiger partial charge in [-0.15, -0.1) is 0 Å². The molecule has 0 spiro atoms. The lowest BCUT2D eigenvalue weighted by Crippen LogP contribution is -2.41. The van der Waals surface area contributed by atoms with Crippen molar-refractivity contribution in [3.05, 3.63) is 90.8 Å². The fourth-order valence-electron chi connectivity index (χ4n) is 4.38. The van der Waals surface area contributed by atoms with E-state index in [1.807, 2.05) is 71.4 Å². The van der Waals surface area contributed by atoms with Crippen molar-refractivity contribution in [2.75, 3.05) is 23.3 Å². The van der Waals surface area contributed by atoms with Crippen LogP contribution in [0.4, 0.5) is 11.5 Å². The van der Waals surface area contributed by atoms with E-state index in [2.05, 4.69) is 20.3 Å². The number of pyridine rings is 1. The van der Waals surface area contributed by atoms with Crippen molar-refractivity contribution in [1.82, 2.24) is 14.8 Å². The molecule has 8 heteroatoms. The molecule has 3 heterocycles.